The zero-order valence-corrected chi connectivity index (χ0v) is 12.3. The zero-order valence-electron chi connectivity index (χ0n) is 6.85. The molecule has 0 saturated heterocycles. The molecule has 4 heteroatoms. The maximum atomic E-state index is 11.3. The minimum atomic E-state index is 0.0989. The van der Waals surface area contributed by atoms with Gasteiger partial charge in [0.15, 0.2) is 0 Å². The molecule has 11 heavy (non-hydrogen) atoms. The van der Waals surface area contributed by atoms with E-state index in [1.165, 1.54) is 0 Å². The van der Waals surface area contributed by atoms with Crippen molar-refractivity contribution in [2.24, 2.45) is 0 Å². The van der Waals surface area contributed by atoms with Crippen LogP contribution in [0.25, 0.3) is 0 Å². The van der Waals surface area contributed by atoms with E-state index in [9.17, 15) is 4.79 Å². The number of Topliss-reactive ketones (excluding diaryl/α,β-unsaturated/α-hetero) is 1. The molecule has 0 spiro atoms. The number of ketones is 1. The molecular formula is C7H12NOPTl+. The van der Waals surface area contributed by atoms with Gasteiger partial charge in [0.2, 0.25) is 0 Å². The van der Waals surface area contributed by atoms with Crippen molar-refractivity contribution in [3.8, 4) is 0 Å². The molecule has 0 bridgehead atoms. The van der Waals surface area contributed by atoms with Gasteiger partial charge in [-0.2, -0.15) is 0 Å². The molecule has 0 radical (unpaired) electrons. The van der Waals surface area contributed by atoms with Gasteiger partial charge in [0.1, 0.15) is 0 Å². The first kappa shape index (κ1) is 11.5. The molecule has 2 N–H and O–H groups in total. The summed E-state index contributed by atoms with van der Waals surface area (Å²) in [5.41, 5.74) is 1.48. The molecule has 0 amide bonds. The maximum absolute atomic E-state index is 11.3. The number of carbonyl (C=O) groups excluding carboxylic acids is 1. The summed E-state index contributed by atoms with van der Waals surface area (Å²) in [6, 6.07) is 0. The van der Waals surface area contributed by atoms with Crippen molar-refractivity contribution >= 4 is 40.3 Å². The molecule has 0 aliphatic rings. The molecular weight excluding hydrogens is 349 g/mol. The van der Waals surface area contributed by atoms with E-state index in [1.54, 1.807) is 6.92 Å². The SMILES string of the molecule is C=C(C)C(=O)C(=[CH][Tl])[NH2+]PC. The Bertz CT molecular complexity index is 201. The van der Waals surface area contributed by atoms with Gasteiger partial charge in [0.05, 0.1) is 0 Å². The Labute approximate surface area is 85.0 Å². The third kappa shape index (κ3) is 4.13. The molecule has 0 heterocycles. The van der Waals surface area contributed by atoms with E-state index in [0.29, 0.717) is 14.3 Å². The quantitative estimate of drug-likeness (QED) is 0.424. The van der Waals surface area contributed by atoms with E-state index in [-0.39, 0.29) is 5.78 Å². The van der Waals surface area contributed by atoms with Gasteiger partial charge >= 0.3 is 85.2 Å². The second-order valence-electron chi connectivity index (χ2n) is 2.16. The van der Waals surface area contributed by atoms with Crippen LogP contribution in [-0.2, 0) is 4.79 Å². The molecule has 0 aromatic carbocycles. The molecule has 58 valence electrons. The topological polar surface area (TPSA) is 33.7 Å². The van der Waals surface area contributed by atoms with E-state index in [2.05, 4.69) is 13.2 Å². The Morgan fingerprint density at radius 2 is 2.27 bits per heavy atom. The summed E-state index contributed by atoms with van der Waals surface area (Å²) in [4.78, 5) is 11.3. The van der Waals surface area contributed by atoms with E-state index in [1.807, 2.05) is 8.72 Å². The van der Waals surface area contributed by atoms with Gasteiger partial charge < -0.3 is 0 Å². The van der Waals surface area contributed by atoms with Crippen LogP contribution in [0, 0.1) is 0 Å². The number of nitrogens with two attached hydrogens (primary N) is 1. The van der Waals surface area contributed by atoms with Crippen LogP contribution in [-0.4, -0.2) is 38.2 Å². The van der Waals surface area contributed by atoms with Crippen LogP contribution >= 0.6 is 8.73 Å². The third-order valence-electron chi connectivity index (χ3n) is 1.13. The monoisotopic (exact) mass is 362 g/mol. The van der Waals surface area contributed by atoms with E-state index in [0.717, 1.165) is 31.5 Å². The summed E-state index contributed by atoms with van der Waals surface area (Å²) in [5.74, 6) is 0.0989. The van der Waals surface area contributed by atoms with Crippen molar-refractivity contribution in [3.05, 3.63) is 21.5 Å². The first-order chi connectivity index (χ1) is 5.13. The summed E-state index contributed by atoms with van der Waals surface area (Å²) >= 11 is 0.742. The first-order valence-corrected chi connectivity index (χ1v) is 7.43. The summed E-state index contributed by atoms with van der Waals surface area (Å²) in [5, 5.41) is 1.98. The average molecular weight is 362 g/mol. The molecule has 0 aromatic heterocycles. The minimum absolute atomic E-state index is 0.0989. The van der Waals surface area contributed by atoms with Crippen molar-refractivity contribution in [1.29, 1.82) is 0 Å². The Balaban J connectivity index is 4.28. The van der Waals surface area contributed by atoms with Crippen molar-refractivity contribution < 1.29 is 9.88 Å². The summed E-state index contributed by atoms with van der Waals surface area (Å²) in [6.45, 7) is 7.43. The fraction of sp³-hybridized carbons (Fsp3) is 0.286. The Hall–Kier alpha value is 0.462. The van der Waals surface area contributed by atoms with Crippen LogP contribution in [0.1, 0.15) is 6.92 Å². The number of rotatable bonds is 4. The number of allylic oxidation sites excluding steroid dienone is 1. The van der Waals surface area contributed by atoms with Gasteiger partial charge in [-0.15, -0.1) is 0 Å². The van der Waals surface area contributed by atoms with E-state index >= 15 is 0 Å². The number of hydrogen-bond donors (Lipinski definition) is 1. The van der Waals surface area contributed by atoms with Gasteiger partial charge in [-0.05, 0) is 0 Å². The number of carbonyl (C=O) groups is 1. The van der Waals surface area contributed by atoms with Gasteiger partial charge in [0.25, 0.3) is 0 Å². The average Bonchev–Trinajstić information content (AvgIpc) is 1.98. The van der Waals surface area contributed by atoms with Gasteiger partial charge in [-0.3, -0.25) is 0 Å². The van der Waals surface area contributed by atoms with Crippen LogP contribution < -0.4 is 5.09 Å². The summed E-state index contributed by atoms with van der Waals surface area (Å²) < 4.78 is 1.99. The third-order valence-corrected chi connectivity index (χ3v) is 3.12. The van der Waals surface area contributed by atoms with Crippen molar-refractivity contribution in [2.75, 3.05) is 6.66 Å². The molecule has 0 aromatic rings. The molecule has 0 rings (SSSR count). The van der Waals surface area contributed by atoms with Gasteiger partial charge in [0, 0.05) is 0 Å². The van der Waals surface area contributed by atoms with Crippen molar-refractivity contribution in [2.45, 2.75) is 6.92 Å². The molecule has 1 unspecified atom stereocenters. The van der Waals surface area contributed by atoms with Gasteiger partial charge in [-0.1, -0.05) is 0 Å². The van der Waals surface area contributed by atoms with Crippen molar-refractivity contribution in [3.63, 3.8) is 0 Å². The molecule has 0 fully saturated rings. The first-order valence-electron chi connectivity index (χ1n) is 3.26. The Kier molecular flexibility index (Phi) is 6.28. The number of quaternary nitrogens is 1. The standard InChI is InChI=1S/C7H11NOP.Tl/c1-5(2)7(9)6(3)8-10-4;/h3,8,10H,1H2,2,4H3;/p+1. The zero-order chi connectivity index (χ0) is 8.85. The molecule has 2 nitrogen and oxygen atoms in total. The molecule has 0 saturated carbocycles. The second-order valence-corrected chi connectivity index (χ2v) is 4.33. The second kappa shape index (κ2) is 6.03. The predicted molar refractivity (Wildman–Crippen MR) is 49.8 cm³/mol. The van der Waals surface area contributed by atoms with Gasteiger partial charge in [-0.25, -0.2) is 0 Å². The Morgan fingerprint density at radius 3 is 2.55 bits per heavy atom. The van der Waals surface area contributed by atoms with Crippen LogP contribution in [0.5, 0.6) is 0 Å². The van der Waals surface area contributed by atoms with Crippen molar-refractivity contribution in [1.82, 2.24) is 0 Å². The fourth-order valence-electron chi connectivity index (χ4n) is 0.591. The van der Waals surface area contributed by atoms with Crippen LogP contribution in [0.4, 0.5) is 0 Å². The molecule has 0 aliphatic carbocycles. The van der Waals surface area contributed by atoms with E-state index < -0.39 is 0 Å². The predicted octanol–water partition coefficient (Wildman–Crippen LogP) is -0.0718. The number of hydrogen-bond acceptors (Lipinski definition) is 1. The Morgan fingerprint density at radius 1 is 1.73 bits per heavy atom. The summed E-state index contributed by atoms with van der Waals surface area (Å²) in [6.07, 6.45) is 0. The molecule has 1 atom stereocenters. The summed E-state index contributed by atoms with van der Waals surface area (Å²) in [7, 11) is 0.702. The molecule has 0 aliphatic heterocycles. The van der Waals surface area contributed by atoms with Crippen LogP contribution in [0.15, 0.2) is 21.5 Å². The fourth-order valence-corrected chi connectivity index (χ4v) is 2.84. The van der Waals surface area contributed by atoms with Crippen LogP contribution in [0.2, 0.25) is 0 Å². The van der Waals surface area contributed by atoms with E-state index in [4.69, 9.17) is 0 Å². The van der Waals surface area contributed by atoms with Crippen LogP contribution in [0.3, 0.4) is 0 Å². The normalized spacial score (nSPS) is 12.3.